The lowest BCUT2D eigenvalue weighted by molar-refractivity contribution is 0.0525. The van der Waals surface area contributed by atoms with Crippen LogP contribution in [0.25, 0.3) is 0 Å². The van der Waals surface area contributed by atoms with Gasteiger partial charge in [-0.3, -0.25) is 9.78 Å². The number of carbonyl (C=O) groups is 2. The van der Waals surface area contributed by atoms with Gasteiger partial charge in [-0.2, -0.15) is 0 Å². The van der Waals surface area contributed by atoms with Crippen molar-refractivity contribution in [3.63, 3.8) is 0 Å². The van der Waals surface area contributed by atoms with E-state index in [1.807, 2.05) is 0 Å². The molecule has 0 bridgehead atoms. The van der Waals surface area contributed by atoms with Crippen molar-refractivity contribution in [3.8, 4) is 0 Å². The van der Waals surface area contributed by atoms with Gasteiger partial charge in [-0.25, -0.2) is 4.79 Å². The normalized spacial score (nSPS) is 10.2. The molecular formula is C15H17N3O3. The highest BCUT2D eigenvalue weighted by atomic mass is 16.5. The first kappa shape index (κ1) is 14.8. The van der Waals surface area contributed by atoms with E-state index in [4.69, 9.17) is 4.74 Å². The SMILES string of the molecule is CCOC(=O)c1c(C)[nH]c(C(=O)Nc2cccnc2)c1C. The summed E-state index contributed by atoms with van der Waals surface area (Å²) in [6, 6.07) is 3.47. The number of esters is 1. The van der Waals surface area contributed by atoms with Gasteiger partial charge in [0.1, 0.15) is 5.69 Å². The number of aryl methyl sites for hydroxylation is 1. The number of rotatable bonds is 4. The third-order valence-electron chi connectivity index (χ3n) is 3.06. The Balaban J connectivity index is 2.27. The van der Waals surface area contributed by atoms with Gasteiger partial charge in [-0.1, -0.05) is 0 Å². The molecule has 6 nitrogen and oxygen atoms in total. The highest BCUT2D eigenvalue weighted by Gasteiger charge is 2.22. The molecular weight excluding hydrogens is 270 g/mol. The van der Waals surface area contributed by atoms with E-state index in [2.05, 4.69) is 15.3 Å². The molecule has 110 valence electrons. The van der Waals surface area contributed by atoms with E-state index in [9.17, 15) is 9.59 Å². The molecule has 1 amide bonds. The van der Waals surface area contributed by atoms with Crippen LogP contribution in [-0.2, 0) is 4.74 Å². The Morgan fingerprint density at radius 1 is 1.38 bits per heavy atom. The Morgan fingerprint density at radius 2 is 2.14 bits per heavy atom. The molecule has 0 fully saturated rings. The standard InChI is InChI=1S/C15H17N3O3/c1-4-21-15(20)12-9(2)13(17-10(12)3)14(19)18-11-6-5-7-16-8-11/h5-8,17H,4H2,1-3H3,(H,18,19). The molecule has 2 N–H and O–H groups in total. The zero-order valence-electron chi connectivity index (χ0n) is 12.2. The molecule has 0 radical (unpaired) electrons. The van der Waals surface area contributed by atoms with Gasteiger partial charge in [0.2, 0.25) is 0 Å². The second-order valence-electron chi connectivity index (χ2n) is 4.54. The lowest BCUT2D eigenvalue weighted by Crippen LogP contribution is -2.14. The second kappa shape index (κ2) is 6.21. The summed E-state index contributed by atoms with van der Waals surface area (Å²) in [5, 5.41) is 2.73. The smallest absolute Gasteiger partial charge is 0.340 e. The third kappa shape index (κ3) is 3.10. The summed E-state index contributed by atoms with van der Waals surface area (Å²) >= 11 is 0. The molecule has 21 heavy (non-hydrogen) atoms. The minimum atomic E-state index is -0.427. The second-order valence-corrected chi connectivity index (χ2v) is 4.54. The number of H-pyrrole nitrogens is 1. The van der Waals surface area contributed by atoms with Gasteiger partial charge in [0.05, 0.1) is 24.1 Å². The maximum Gasteiger partial charge on any atom is 0.340 e. The zero-order valence-corrected chi connectivity index (χ0v) is 12.2. The molecule has 2 rings (SSSR count). The molecule has 0 saturated heterocycles. The van der Waals surface area contributed by atoms with Crippen LogP contribution in [0.2, 0.25) is 0 Å². The monoisotopic (exact) mass is 287 g/mol. The number of aromatic amines is 1. The average molecular weight is 287 g/mol. The first-order valence-electron chi connectivity index (χ1n) is 6.62. The van der Waals surface area contributed by atoms with Crippen LogP contribution >= 0.6 is 0 Å². The summed E-state index contributed by atoms with van der Waals surface area (Å²) in [5.41, 5.74) is 2.54. The quantitative estimate of drug-likeness (QED) is 0.846. The maximum absolute atomic E-state index is 12.3. The molecule has 0 aliphatic rings. The van der Waals surface area contributed by atoms with Crippen molar-refractivity contribution in [1.29, 1.82) is 0 Å². The third-order valence-corrected chi connectivity index (χ3v) is 3.06. The summed E-state index contributed by atoms with van der Waals surface area (Å²) in [5.74, 6) is -0.747. The molecule has 0 unspecified atom stereocenters. The number of carbonyl (C=O) groups excluding carboxylic acids is 2. The van der Waals surface area contributed by atoms with E-state index in [0.717, 1.165) is 0 Å². The number of pyridine rings is 1. The molecule has 2 heterocycles. The van der Waals surface area contributed by atoms with E-state index in [1.165, 1.54) is 0 Å². The maximum atomic E-state index is 12.3. The molecule has 0 spiro atoms. The van der Waals surface area contributed by atoms with Crippen molar-refractivity contribution in [3.05, 3.63) is 47.0 Å². The van der Waals surface area contributed by atoms with E-state index in [1.54, 1.807) is 45.3 Å². The Labute approximate surface area is 122 Å². The topological polar surface area (TPSA) is 84.1 Å². The van der Waals surface area contributed by atoms with E-state index < -0.39 is 5.97 Å². The number of anilines is 1. The molecule has 0 aliphatic heterocycles. The fourth-order valence-corrected chi connectivity index (χ4v) is 2.12. The number of amides is 1. The molecule has 0 saturated carbocycles. The van der Waals surface area contributed by atoms with Crippen LogP contribution in [0.3, 0.4) is 0 Å². The van der Waals surface area contributed by atoms with E-state index in [-0.39, 0.29) is 5.91 Å². The van der Waals surface area contributed by atoms with Crippen molar-refractivity contribution in [2.75, 3.05) is 11.9 Å². The zero-order chi connectivity index (χ0) is 15.4. The van der Waals surface area contributed by atoms with Crippen LogP contribution < -0.4 is 5.32 Å². The van der Waals surface area contributed by atoms with Crippen LogP contribution in [0.5, 0.6) is 0 Å². The number of nitrogens with zero attached hydrogens (tertiary/aromatic N) is 1. The Bertz CT molecular complexity index is 662. The minimum Gasteiger partial charge on any atom is -0.462 e. The minimum absolute atomic E-state index is 0.292. The molecule has 0 aromatic carbocycles. The molecule has 0 atom stereocenters. The van der Waals surface area contributed by atoms with Crippen LogP contribution in [-0.4, -0.2) is 28.5 Å². The lowest BCUT2D eigenvalue weighted by atomic mass is 10.1. The van der Waals surface area contributed by atoms with E-state index >= 15 is 0 Å². The molecule has 6 heteroatoms. The molecule has 2 aromatic heterocycles. The number of ether oxygens (including phenoxy) is 1. The van der Waals surface area contributed by atoms with Crippen molar-refractivity contribution < 1.29 is 14.3 Å². The van der Waals surface area contributed by atoms with Gasteiger partial charge >= 0.3 is 5.97 Å². The van der Waals surface area contributed by atoms with Crippen LogP contribution in [0.15, 0.2) is 24.5 Å². The number of hydrogen-bond acceptors (Lipinski definition) is 4. The Morgan fingerprint density at radius 3 is 2.76 bits per heavy atom. The molecule has 2 aromatic rings. The van der Waals surface area contributed by atoms with Crippen molar-refractivity contribution in [1.82, 2.24) is 9.97 Å². The number of hydrogen-bond donors (Lipinski definition) is 2. The van der Waals surface area contributed by atoms with E-state index in [0.29, 0.717) is 34.8 Å². The summed E-state index contributed by atoms with van der Waals surface area (Å²) in [7, 11) is 0. The van der Waals surface area contributed by atoms with Crippen LogP contribution in [0.1, 0.15) is 39.0 Å². The predicted molar refractivity (Wildman–Crippen MR) is 78.4 cm³/mol. The van der Waals surface area contributed by atoms with Gasteiger partial charge < -0.3 is 15.0 Å². The van der Waals surface area contributed by atoms with Crippen LogP contribution in [0.4, 0.5) is 5.69 Å². The highest BCUT2D eigenvalue weighted by molar-refractivity contribution is 6.06. The highest BCUT2D eigenvalue weighted by Crippen LogP contribution is 2.20. The summed E-state index contributed by atoms with van der Waals surface area (Å²) in [6.07, 6.45) is 3.17. The fourth-order valence-electron chi connectivity index (χ4n) is 2.12. The van der Waals surface area contributed by atoms with Gasteiger partial charge in [-0.15, -0.1) is 0 Å². The van der Waals surface area contributed by atoms with Crippen molar-refractivity contribution in [2.24, 2.45) is 0 Å². The number of nitrogens with one attached hydrogen (secondary N) is 2. The first-order valence-corrected chi connectivity index (χ1v) is 6.62. The first-order chi connectivity index (χ1) is 10.0. The fraction of sp³-hybridized carbons (Fsp3) is 0.267. The average Bonchev–Trinajstić information content (AvgIpc) is 2.75. The van der Waals surface area contributed by atoms with Gasteiger partial charge in [0.15, 0.2) is 0 Å². The Kier molecular flexibility index (Phi) is 4.37. The Hall–Kier alpha value is -2.63. The van der Waals surface area contributed by atoms with Gasteiger partial charge in [0.25, 0.3) is 5.91 Å². The summed E-state index contributed by atoms with van der Waals surface area (Å²) < 4.78 is 5.00. The van der Waals surface area contributed by atoms with Crippen molar-refractivity contribution >= 4 is 17.6 Å². The van der Waals surface area contributed by atoms with Gasteiger partial charge in [0, 0.05) is 11.9 Å². The van der Waals surface area contributed by atoms with Crippen molar-refractivity contribution in [2.45, 2.75) is 20.8 Å². The largest absolute Gasteiger partial charge is 0.462 e. The number of aromatic nitrogens is 2. The van der Waals surface area contributed by atoms with Crippen LogP contribution in [0, 0.1) is 13.8 Å². The summed E-state index contributed by atoms with van der Waals surface area (Å²) in [6.45, 7) is 5.49. The van der Waals surface area contributed by atoms with Gasteiger partial charge in [-0.05, 0) is 38.5 Å². The summed E-state index contributed by atoms with van der Waals surface area (Å²) in [4.78, 5) is 31.0. The lowest BCUT2D eigenvalue weighted by Gasteiger charge is -2.04. The molecule has 0 aliphatic carbocycles. The predicted octanol–water partition coefficient (Wildman–Crippen LogP) is 2.46.